The highest BCUT2D eigenvalue weighted by Crippen LogP contribution is 2.25. The number of carboxylic acid groups (broad SMARTS) is 1. The summed E-state index contributed by atoms with van der Waals surface area (Å²) in [5, 5.41) is 9.70. The lowest BCUT2D eigenvalue weighted by atomic mass is 10.1. The number of ether oxygens (including phenoxy) is 1. The van der Waals surface area contributed by atoms with E-state index < -0.39 is 21.9 Å². The van der Waals surface area contributed by atoms with Crippen LogP contribution in [0.15, 0.2) is 95.2 Å². The second-order valence-electron chi connectivity index (χ2n) is 8.52. The third kappa shape index (κ3) is 8.14. The smallest absolute Gasteiger partial charge is 0.394 e. The van der Waals surface area contributed by atoms with Crippen molar-refractivity contribution in [2.45, 2.75) is 23.7 Å². The Morgan fingerprint density at radius 1 is 0.872 bits per heavy atom. The van der Waals surface area contributed by atoms with Crippen molar-refractivity contribution in [2.24, 2.45) is 0 Å². The first-order chi connectivity index (χ1) is 18.7. The lowest BCUT2D eigenvalue weighted by Gasteiger charge is -2.20. The Bertz CT molecular complexity index is 1540. The quantitative estimate of drug-likeness (QED) is 0.230. The van der Waals surface area contributed by atoms with Crippen LogP contribution in [0.25, 0.3) is 0 Å². The fourth-order valence-electron chi connectivity index (χ4n) is 3.72. The van der Waals surface area contributed by atoms with Crippen LogP contribution in [0.2, 0.25) is 5.02 Å². The number of nitrogens with zero attached hydrogens (tertiary/aromatic N) is 1. The molecule has 0 spiro atoms. The fourth-order valence-corrected chi connectivity index (χ4v) is 6.38. The summed E-state index contributed by atoms with van der Waals surface area (Å²) in [4.78, 5) is 25.3. The van der Waals surface area contributed by atoms with Gasteiger partial charge in [-0.3, -0.25) is 4.79 Å². The Balaban J connectivity index is 1.34. The van der Waals surface area contributed by atoms with Crippen LogP contribution < -0.4 is 9.46 Å². The molecule has 0 fully saturated rings. The van der Waals surface area contributed by atoms with Gasteiger partial charge in [-0.1, -0.05) is 54.1 Å². The molecule has 202 valence electrons. The summed E-state index contributed by atoms with van der Waals surface area (Å²) in [6.45, 7) is 0.140. The van der Waals surface area contributed by atoms with E-state index in [0.29, 0.717) is 27.6 Å². The number of rotatable bonds is 11. The van der Waals surface area contributed by atoms with Gasteiger partial charge in [0.2, 0.25) is 10.0 Å². The van der Waals surface area contributed by atoms with Crippen LogP contribution >= 0.6 is 22.9 Å². The molecule has 0 aliphatic heterocycles. The normalized spacial score (nSPS) is 11.2. The van der Waals surface area contributed by atoms with E-state index in [1.807, 2.05) is 54.6 Å². The van der Waals surface area contributed by atoms with Crippen molar-refractivity contribution < 1.29 is 27.9 Å². The molecule has 4 rings (SSSR count). The Morgan fingerprint density at radius 2 is 1.59 bits per heavy atom. The van der Waals surface area contributed by atoms with Crippen LogP contribution in [-0.2, 0) is 39.1 Å². The number of carbonyl (C=O) groups excluding carboxylic acids is 1. The maximum atomic E-state index is 12.8. The second-order valence-corrected chi connectivity index (χ2v) is 12.1. The second kappa shape index (κ2) is 12.9. The maximum absolute atomic E-state index is 12.8. The highest BCUT2D eigenvalue weighted by Gasteiger charge is 2.23. The first-order valence-electron chi connectivity index (χ1n) is 11.9. The number of sulfonamides is 1. The van der Waals surface area contributed by atoms with Crippen LogP contribution in [0.5, 0.6) is 11.5 Å². The van der Waals surface area contributed by atoms with E-state index in [4.69, 9.17) is 16.3 Å². The summed E-state index contributed by atoms with van der Waals surface area (Å²) < 4.78 is 34.1. The molecule has 4 aromatic rings. The molecule has 0 saturated carbocycles. The van der Waals surface area contributed by atoms with E-state index in [-0.39, 0.29) is 23.8 Å². The number of hydrogen-bond donors (Lipinski definition) is 2. The molecule has 3 aromatic carbocycles. The molecule has 2 N–H and O–H groups in total. The van der Waals surface area contributed by atoms with E-state index in [0.717, 1.165) is 27.5 Å². The molecular formula is C28H25ClN2O6S2. The number of para-hydroxylation sites is 1. The number of nitrogens with one attached hydrogen (secondary N) is 1. The van der Waals surface area contributed by atoms with Gasteiger partial charge in [0.05, 0.1) is 6.54 Å². The van der Waals surface area contributed by atoms with Gasteiger partial charge in [0, 0.05) is 23.0 Å². The van der Waals surface area contributed by atoms with Gasteiger partial charge in [-0.25, -0.2) is 17.9 Å². The van der Waals surface area contributed by atoms with Gasteiger partial charge in [-0.2, -0.15) is 0 Å². The van der Waals surface area contributed by atoms with Gasteiger partial charge in [-0.15, -0.1) is 11.3 Å². The minimum atomic E-state index is -3.79. The van der Waals surface area contributed by atoms with Gasteiger partial charge < -0.3 is 14.7 Å². The molecule has 0 bridgehead atoms. The highest BCUT2D eigenvalue weighted by atomic mass is 35.5. The summed E-state index contributed by atoms with van der Waals surface area (Å²) in [6, 6.07) is 26.6. The minimum Gasteiger partial charge on any atom is -0.474 e. The van der Waals surface area contributed by atoms with Crippen LogP contribution in [0.1, 0.15) is 16.0 Å². The van der Waals surface area contributed by atoms with Crippen LogP contribution in [0.3, 0.4) is 0 Å². The van der Waals surface area contributed by atoms with E-state index in [9.17, 15) is 23.1 Å². The summed E-state index contributed by atoms with van der Waals surface area (Å²) in [5.41, 5.74) is 1.59. The van der Waals surface area contributed by atoms with E-state index in [2.05, 4.69) is 4.72 Å². The van der Waals surface area contributed by atoms with E-state index in [1.54, 1.807) is 30.3 Å². The van der Waals surface area contributed by atoms with Crippen molar-refractivity contribution in [1.82, 2.24) is 9.62 Å². The third-order valence-electron chi connectivity index (χ3n) is 5.59. The van der Waals surface area contributed by atoms with Crippen molar-refractivity contribution in [3.8, 4) is 11.5 Å². The molecule has 0 atom stereocenters. The first-order valence-corrected chi connectivity index (χ1v) is 14.5. The third-order valence-corrected chi connectivity index (χ3v) is 8.85. The SMILES string of the molecule is O=C(O)C(=O)N(Cc1cccc(Cl)c1)Cc1ccc(S(=O)(=O)NCCc2ccc(Oc3ccccc3)cc2)s1. The zero-order valence-electron chi connectivity index (χ0n) is 20.6. The van der Waals surface area contributed by atoms with Crippen molar-refractivity contribution in [3.63, 3.8) is 0 Å². The van der Waals surface area contributed by atoms with E-state index >= 15 is 0 Å². The molecule has 11 heteroatoms. The molecule has 39 heavy (non-hydrogen) atoms. The van der Waals surface area contributed by atoms with Gasteiger partial charge in [0.1, 0.15) is 15.7 Å². The number of halogens is 1. The number of hydrogen-bond acceptors (Lipinski definition) is 6. The van der Waals surface area contributed by atoms with Crippen molar-refractivity contribution in [2.75, 3.05) is 6.54 Å². The number of amides is 1. The van der Waals surface area contributed by atoms with Gasteiger partial charge in [0.15, 0.2) is 0 Å². The molecule has 0 radical (unpaired) electrons. The predicted molar refractivity (Wildman–Crippen MR) is 150 cm³/mol. The fraction of sp³-hybridized carbons (Fsp3) is 0.143. The number of benzene rings is 3. The van der Waals surface area contributed by atoms with Crippen molar-refractivity contribution >= 4 is 44.8 Å². The summed E-state index contributed by atoms with van der Waals surface area (Å²) in [7, 11) is -3.79. The number of carbonyl (C=O) groups is 2. The average molecular weight is 585 g/mol. The van der Waals surface area contributed by atoms with Crippen LogP contribution in [-0.4, -0.2) is 36.8 Å². The van der Waals surface area contributed by atoms with Gasteiger partial charge in [-0.05, 0) is 66.1 Å². The Hall–Kier alpha value is -3.70. The molecule has 0 saturated heterocycles. The standard InChI is InChI=1S/C28H25ClN2O6S2/c29-22-6-4-5-21(17-22)18-31(27(32)28(33)34)19-25-13-14-26(38-25)39(35,36)30-16-15-20-9-11-24(12-10-20)37-23-7-2-1-3-8-23/h1-14,17,30H,15-16,18-19H2,(H,33,34). The molecule has 0 unspecified atom stereocenters. The number of carboxylic acids is 1. The lowest BCUT2D eigenvalue weighted by molar-refractivity contribution is -0.156. The summed E-state index contributed by atoms with van der Waals surface area (Å²) in [5.74, 6) is -1.27. The summed E-state index contributed by atoms with van der Waals surface area (Å²) >= 11 is 6.98. The Labute approximate surface area is 235 Å². The maximum Gasteiger partial charge on any atom is 0.394 e. The average Bonchev–Trinajstić information content (AvgIpc) is 3.39. The first kappa shape index (κ1) is 28.3. The topological polar surface area (TPSA) is 113 Å². The lowest BCUT2D eigenvalue weighted by Crippen LogP contribution is -2.35. The minimum absolute atomic E-state index is 0.0130. The molecule has 0 aliphatic carbocycles. The Kier molecular flexibility index (Phi) is 9.36. The zero-order valence-corrected chi connectivity index (χ0v) is 23.0. The predicted octanol–water partition coefficient (Wildman–Crippen LogP) is 5.33. The van der Waals surface area contributed by atoms with Gasteiger partial charge >= 0.3 is 11.9 Å². The molecule has 1 heterocycles. The van der Waals surface area contributed by atoms with Crippen molar-refractivity contribution in [1.29, 1.82) is 0 Å². The van der Waals surface area contributed by atoms with Crippen LogP contribution in [0.4, 0.5) is 0 Å². The molecular weight excluding hydrogens is 560 g/mol. The number of aliphatic carboxylic acids is 1. The molecule has 8 nitrogen and oxygen atoms in total. The highest BCUT2D eigenvalue weighted by molar-refractivity contribution is 7.91. The molecule has 1 amide bonds. The monoisotopic (exact) mass is 584 g/mol. The molecule has 0 aliphatic rings. The van der Waals surface area contributed by atoms with Crippen LogP contribution in [0, 0.1) is 0 Å². The molecule has 1 aromatic heterocycles. The number of thiophene rings is 1. The van der Waals surface area contributed by atoms with Crippen molar-refractivity contribution in [3.05, 3.63) is 112 Å². The van der Waals surface area contributed by atoms with Gasteiger partial charge in [0.25, 0.3) is 0 Å². The largest absolute Gasteiger partial charge is 0.474 e. The Morgan fingerprint density at radius 3 is 2.28 bits per heavy atom. The summed E-state index contributed by atoms with van der Waals surface area (Å²) in [6.07, 6.45) is 0.476. The zero-order chi connectivity index (χ0) is 27.8. The van der Waals surface area contributed by atoms with E-state index in [1.165, 1.54) is 6.07 Å².